The van der Waals surface area contributed by atoms with Crippen molar-refractivity contribution in [2.75, 3.05) is 38.1 Å². The van der Waals surface area contributed by atoms with E-state index in [1.165, 1.54) is 0 Å². The number of hydrogen-bond donors (Lipinski definition) is 1. The Morgan fingerprint density at radius 1 is 1.12 bits per heavy atom. The largest absolute Gasteiger partial charge is 0.450 e. The zero-order valence-electron chi connectivity index (χ0n) is 15.3. The van der Waals surface area contributed by atoms with E-state index < -0.39 is 5.91 Å². The molecule has 0 radical (unpaired) electrons. The molecular formula is C18H24ClN3O4. The van der Waals surface area contributed by atoms with Gasteiger partial charge in [0.1, 0.15) is 6.42 Å². The van der Waals surface area contributed by atoms with Gasteiger partial charge in [0.25, 0.3) is 0 Å². The fourth-order valence-electron chi connectivity index (χ4n) is 2.86. The SMILES string of the molecule is CCOC(=O)N1CCN(C(=O)CC(=O)Nc2c(C)cc(C)cc2Cl)CC1. The van der Waals surface area contributed by atoms with Crippen LogP contribution >= 0.6 is 11.6 Å². The zero-order valence-corrected chi connectivity index (χ0v) is 16.1. The van der Waals surface area contributed by atoms with Crippen molar-refractivity contribution >= 4 is 35.2 Å². The fraction of sp³-hybridized carbons (Fsp3) is 0.500. The number of rotatable bonds is 4. The third-order valence-corrected chi connectivity index (χ3v) is 4.46. The minimum Gasteiger partial charge on any atom is -0.450 e. The molecule has 1 saturated heterocycles. The smallest absolute Gasteiger partial charge is 0.409 e. The number of hydrogen-bond acceptors (Lipinski definition) is 4. The van der Waals surface area contributed by atoms with Gasteiger partial charge in [-0.15, -0.1) is 0 Å². The van der Waals surface area contributed by atoms with Crippen LogP contribution in [-0.4, -0.2) is 60.5 Å². The molecule has 7 nitrogen and oxygen atoms in total. The van der Waals surface area contributed by atoms with E-state index in [1.807, 2.05) is 19.9 Å². The molecule has 142 valence electrons. The summed E-state index contributed by atoms with van der Waals surface area (Å²) in [7, 11) is 0. The van der Waals surface area contributed by atoms with Crippen molar-refractivity contribution in [2.45, 2.75) is 27.2 Å². The van der Waals surface area contributed by atoms with Crippen molar-refractivity contribution in [1.82, 2.24) is 9.80 Å². The van der Waals surface area contributed by atoms with Crippen molar-refractivity contribution in [3.63, 3.8) is 0 Å². The van der Waals surface area contributed by atoms with Crippen LogP contribution in [-0.2, 0) is 14.3 Å². The van der Waals surface area contributed by atoms with Crippen LogP contribution < -0.4 is 5.32 Å². The summed E-state index contributed by atoms with van der Waals surface area (Å²) in [4.78, 5) is 39.3. The van der Waals surface area contributed by atoms with Crippen molar-refractivity contribution < 1.29 is 19.1 Å². The number of halogens is 1. The molecule has 1 aliphatic rings. The Bertz CT molecular complexity index is 677. The average Bonchev–Trinajstić information content (AvgIpc) is 2.58. The molecule has 1 fully saturated rings. The number of anilines is 1. The van der Waals surface area contributed by atoms with E-state index in [9.17, 15) is 14.4 Å². The van der Waals surface area contributed by atoms with Crippen molar-refractivity contribution in [3.8, 4) is 0 Å². The Morgan fingerprint density at radius 3 is 2.31 bits per heavy atom. The first-order chi connectivity index (χ1) is 12.3. The van der Waals surface area contributed by atoms with Gasteiger partial charge in [0.2, 0.25) is 11.8 Å². The lowest BCUT2D eigenvalue weighted by molar-refractivity contribution is -0.135. The molecule has 0 bridgehead atoms. The van der Waals surface area contributed by atoms with Crippen molar-refractivity contribution in [1.29, 1.82) is 0 Å². The molecule has 8 heteroatoms. The topological polar surface area (TPSA) is 79.0 Å². The van der Waals surface area contributed by atoms with Crippen LogP contribution in [0, 0.1) is 13.8 Å². The van der Waals surface area contributed by atoms with E-state index in [2.05, 4.69) is 5.32 Å². The summed E-state index contributed by atoms with van der Waals surface area (Å²) in [5.74, 6) is -0.677. The summed E-state index contributed by atoms with van der Waals surface area (Å²) in [6.07, 6.45) is -0.634. The van der Waals surface area contributed by atoms with Gasteiger partial charge in [0.05, 0.1) is 17.3 Å². The highest BCUT2D eigenvalue weighted by Gasteiger charge is 2.26. The van der Waals surface area contributed by atoms with E-state index in [1.54, 1.807) is 22.8 Å². The van der Waals surface area contributed by atoms with E-state index >= 15 is 0 Å². The molecule has 0 saturated carbocycles. The number of ether oxygens (including phenoxy) is 1. The second kappa shape index (κ2) is 8.89. The summed E-state index contributed by atoms with van der Waals surface area (Å²) in [5.41, 5.74) is 2.38. The molecule has 0 aliphatic carbocycles. The predicted molar refractivity (Wildman–Crippen MR) is 99.3 cm³/mol. The molecule has 0 aromatic heterocycles. The van der Waals surface area contributed by atoms with E-state index in [0.717, 1.165) is 11.1 Å². The number of nitrogens with zero attached hydrogens (tertiary/aromatic N) is 2. The summed E-state index contributed by atoms with van der Waals surface area (Å²) in [5, 5.41) is 3.17. The number of aryl methyl sites for hydroxylation is 2. The summed E-state index contributed by atoms with van der Waals surface area (Å²) in [6, 6.07) is 3.68. The predicted octanol–water partition coefficient (Wildman–Crippen LogP) is 2.59. The lowest BCUT2D eigenvalue weighted by Gasteiger charge is -2.34. The number of carbonyl (C=O) groups excluding carboxylic acids is 3. The van der Waals surface area contributed by atoms with E-state index in [0.29, 0.717) is 43.5 Å². The maximum Gasteiger partial charge on any atom is 0.409 e. The second-order valence-electron chi connectivity index (χ2n) is 6.23. The number of benzene rings is 1. The number of amides is 3. The number of nitrogens with one attached hydrogen (secondary N) is 1. The second-order valence-corrected chi connectivity index (χ2v) is 6.64. The summed E-state index contributed by atoms with van der Waals surface area (Å²) in [6.45, 7) is 7.40. The number of piperazine rings is 1. The minimum atomic E-state index is -0.406. The third-order valence-electron chi connectivity index (χ3n) is 4.17. The van der Waals surface area contributed by atoms with Crippen LogP contribution in [0.5, 0.6) is 0 Å². The number of carbonyl (C=O) groups is 3. The Morgan fingerprint density at radius 2 is 1.73 bits per heavy atom. The summed E-state index contributed by atoms with van der Waals surface area (Å²) < 4.78 is 4.95. The van der Waals surface area contributed by atoms with E-state index in [-0.39, 0.29) is 18.4 Å². The van der Waals surface area contributed by atoms with E-state index in [4.69, 9.17) is 16.3 Å². The minimum absolute atomic E-state index is 0.261. The highest BCUT2D eigenvalue weighted by Crippen LogP contribution is 2.27. The van der Waals surface area contributed by atoms with Gasteiger partial charge in [0.15, 0.2) is 0 Å². The van der Waals surface area contributed by atoms with Gasteiger partial charge >= 0.3 is 6.09 Å². The van der Waals surface area contributed by atoms with Gasteiger partial charge in [-0.1, -0.05) is 17.7 Å². The van der Waals surface area contributed by atoms with Crippen LogP contribution in [0.3, 0.4) is 0 Å². The molecule has 1 aromatic rings. The van der Waals surface area contributed by atoms with Crippen molar-refractivity contribution in [2.24, 2.45) is 0 Å². The standard InChI is InChI=1S/C18H24ClN3O4/c1-4-26-18(25)22-7-5-21(6-8-22)16(24)11-15(23)20-17-13(3)9-12(2)10-14(17)19/h9-10H,4-8,11H2,1-3H3,(H,20,23). The molecule has 1 N–H and O–H groups in total. The van der Waals surface area contributed by atoms with Gasteiger partial charge in [-0.25, -0.2) is 4.79 Å². The lowest BCUT2D eigenvalue weighted by Crippen LogP contribution is -2.51. The molecule has 0 spiro atoms. The normalized spacial score (nSPS) is 14.2. The highest BCUT2D eigenvalue weighted by atomic mass is 35.5. The summed E-state index contributed by atoms with van der Waals surface area (Å²) >= 11 is 6.18. The molecule has 1 heterocycles. The average molecular weight is 382 g/mol. The molecule has 0 unspecified atom stereocenters. The van der Waals surface area contributed by atoms with Crippen LogP contribution in [0.4, 0.5) is 10.5 Å². The Kier molecular flexibility index (Phi) is 6.85. The third kappa shape index (κ3) is 5.11. The van der Waals surface area contributed by atoms with Crippen molar-refractivity contribution in [3.05, 3.63) is 28.3 Å². The highest BCUT2D eigenvalue weighted by molar-refractivity contribution is 6.34. The van der Waals surface area contributed by atoms with Crippen LogP contribution in [0.2, 0.25) is 5.02 Å². The molecule has 1 aromatic carbocycles. The van der Waals surface area contributed by atoms with Gasteiger partial charge in [-0.2, -0.15) is 0 Å². The first-order valence-corrected chi connectivity index (χ1v) is 8.95. The first-order valence-electron chi connectivity index (χ1n) is 8.58. The Balaban J connectivity index is 1.87. The maximum absolute atomic E-state index is 12.3. The molecule has 2 rings (SSSR count). The molecular weight excluding hydrogens is 358 g/mol. The molecule has 1 aliphatic heterocycles. The maximum atomic E-state index is 12.3. The molecule has 3 amide bonds. The zero-order chi connectivity index (χ0) is 19.3. The lowest BCUT2D eigenvalue weighted by atomic mass is 10.1. The van der Waals surface area contributed by atoms with Crippen LogP contribution in [0.25, 0.3) is 0 Å². The first kappa shape index (κ1) is 20.0. The van der Waals surface area contributed by atoms with Crippen LogP contribution in [0.1, 0.15) is 24.5 Å². The molecule has 26 heavy (non-hydrogen) atoms. The monoisotopic (exact) mass is 381 g/mol. The quantitative estimate of drug-likeness (QED) is 0.813. The fourth-order valence-corrected chi connectivity index (χ4v) is 3.23. The Labute approximate surface area is 158 Å². The molecule has 0 atom stereocenters. The van der Waals surface area contributed by atoms with Gasteiger partial charge < -0.3 is 19.9 Å². The van der Waals surface area contributed by atoms with Gasteiger partial charge in [-0.05, 0) is 38.0 Å². The van der Waals surface area contributed by atoms with Gasteiger partial charge in [0, 0.05) is 26.2 Å². The van der Waals surface area contributed by atoms with Crippen LogP contribution in [0.15, 0.2) is 12.1 Å². The van der Waals surface area contributed by atoms with Gasteiger partial charge in [-0.3, -0.25) is 9.59 Å². The Hall–Kier alpha value is -2.28.